The summed E-state index contributed by atoms with van der Waals surface area (Å²) in [6.45, 7) is 10.8. The molecule has 0 aliphatic carbocycles. The monoisotopic (exact) mass is 462 g/mol. The fourth-order valence-electron chi connectivity index (χ4n) is 6.33. The van der Waals surface area contributed by atoms with Gasteiger partial charge in [0.25, 0.3) is 0 Å². The molecule has 0 aromatic carbocycles. The van der Waals surface area contributed by atoms with E-state index in [2.05, 4.69) is 22.1 Å². The van der Waals surface area contributed by atoms with Gasteiger partial charge in [-0.1, -0.05) is 6.92 Å². The number of hydrogen-bond donors (Lipinski definition) is 2. The Morgan fingerprint density at radius 2 is 1.94 bits per heavy atom. The van der Waals surface area contributed by atoms with E-state index in [4.69, 9.17) is 20.4 Å². The summed E-state index contributed by atoms with van der Waals surface area (Å²) < 4.78 is 23.0. The minimum atomic E-state index is -0.351. The summed E-state index contributed by atoms with van der Waals surface area (Å²) in [5.41, 5.74) is 10.4. The van der Waals surface area contributed by atoms with Crippen LogP contribution in [0.5, 0.6) is 5.88 Å². The average molecular weight is 463 g/mol. The molecule has 2 saturated heterocycles. The molecular formula is C26H31FN6O. The van der Waals surface area contributed by atoms with E-state index in [1.165, 1.54) is 0 Å². The topological polar surface area (TPSA) is 89.2 Å². The summed E-state index contributed by atoms with van der Waals surface area (Å²) in [7, 11) is 0. The molecule has 178 valence electrons. The molecule has 6 rings (SSSR count). The number of halogens is 1. The van der Waals surface area contributed by atoms with Gasteiger partial charge in [0.2, 0.25) is 5.88 Å². The van der Waals surface area contributed by atoms with Crippen LogP contribution in [0.25, 0.3) is 22.0 Å². The standard InChI is InChI=1S/C26H31FN6O/c1-6-16-13(4)29-19(28)9-17(16)23-22(27)20-11(2)12(3)30-25-21(20)26(32-23)34-14(5)24-18-8-7-15(31-18)10-33(24)25/h9,14-15,18,24,31H,6-8,10H2,1-5H3,(H2,28,29)/t14-,15+,18-,24+/m0/s1. The van der Waals surface area contributed by atoms with Crippen molar-refractivity contribution in [2.45, 2.75) is 78.1 Å². The van der Waals surface area contributed by atoms with Crippen molar-refractivity contribution in [3.63, 3.8) is 0 Å². The van der Waals surface area contributed by atoms with Crippen molar-refractivity contribution < 1.29 is 9.13 Å². The molecule has 3 N–H and O–H groups in total. The Morgan fingerprint density at radius 3 is 2.71 bits per heavy atom. The lowest BCUT2D eigenvalue weighted by Gasteiger charge is -2.43. The number of anilines is 2. The number of nitrogens with zero attached hydrogens (tertiary/aromatic N) is 4. The maximum absolute atomic E-state index is 16.5. The van der Waals surface area contributed by atoms with Gasteiger partial charge in [0.15, 0.2) is 5.82 Å². The van der Waals surface area contributed by atoms with E-state index in [0.717, 1.165) is 47.7 Å². The van der Waals surface area contributed by atoms with Crippen LogP contribution >= 0.6 is 0 Å². The van der Waals surface area contributed by atoms with E-state index in [0.29, 0.717) is 46.5 Å². The second kappa shape index (κ2) is 7.50. The molecule has 4 atom stereocenters. The third-order valence-electron chi connectivity index (χ3n) is 7.99. The fourth-order valence-corrected chi connectivity index (χ4v) is 6.33. The molecule has 6 heterocycles. The van der Waals surface area contributed by atoms with E-state index < -0.39 is 0 Å². The van der Waals surface area contributed by atoms with Crippen LogP contribution in [-0.4, -0.2) is 45.7 Å². The van der Waals surface area contributed by atoms with Gasteiger partial charge < -0.3 is 20.7 Å². The van der Waals surface area contributed by atoms with Crippen molar-refractivity contribution in [2.24, 2.45) is 0 Å². The van der Waals surface area contributed by atoms with Gasteiger partial charge in [-0.2, -0.15) is 0 Å². The summed E-state index contributed by atoms with van der Waals surface area (Å²) in [6, 6.07) is 2.58. The highest BCUT2D eigenvalue weighted by Crippen LogP contribution is 2.45. The third kappa shape index (κ3) is 2.94. The number of piperazine rings is 1. The zero-order valence-electron chi connectivity index (χ0n) is 20.4. The number of pyridine rings is 3. The summed E-state index contributed by atoms with van der Waals surface area (Å²) >= 11 is 0. The van der Waals surface area contributed by atoms with E-state index in [1.54, 1.807) is 6.07 Å². The number of aromatic nitrogens is 3. The molecule has 2 bridgehead atoms. The van der Waals surface area contributed by atoms with Gasteiger partial charge in [0, 0.05) is 41.0 Å². The number of rotatable bonds is 2. The molecule has 0 radical (unpaired) electrons. The molecule has 2 fully saturated rings. The first kappa shape index (κ1) is 21.5. The molecule has 3 aromatic heterocycles. The second-order valence-corrected chi connectivity index (χ2v) is 10.0. The van der Waals surface area contributed by atoms with Crippen molar-refractivity contribution in [1.29, 1.82) is 0 Å². The van der Waals surface area contributed by atoms with Crippen molar-refractivity contribution in [2.75, 3.05) is 17.2 Å². The van der Waals surface area contributed by atoms with Gasteiger partial charge in [-0.25, -0.2) is 19.3 Å². The number of nitrogen functional groups attached to an aromatic ring is 1. The molecule has 3 aliphatic rings. The van der Waals surface area contributed by atoms with Crippen LogP contribution in [0.1, 0.15) is 49.2 Å². The van der Waals surface area contributed by atoms with Crippen LogP contribution < -0.4 is 20.7 Å². The van der Waals surface area contributed by atoms with Gasteiger partial charge in [-0.05, 0) is 64.2 Å². The zero-order chi connectivity index (χ0) is 23.9. The number of hydrogen-bond acceptors (Lipinski definition) is 7. The van der Waals surface area contributed by atoms with Gasteiger partial charge in [-0.3, -0.25) is 0 Å². The van der Waals surface area contributed by atoms with Crippen molar-refractivity contribution >= 4 is 22.4 Å². The minimum Gasteiger partial charge on any atom is -0.472 e. The maximum atomic E-state index is 16.5. The largest absolute Gasteiger partial charge is 0.472 e. The molecule has 3 aliphatic heterocycles. The van der Waals surface area contributed by atoms with E-state index in [9.17, 15) is 0 Å². The third-order valence-corrected chi connectivity index (χ3v) is 7.99. The zero-order valence-corrected chi connectivity index (χ0v) is 20.4. The Labute approximate surface area is 198 Å². The predicted molar refractivity (Wildman–Crippen MR) is 132 cm³/mol. The Morgan fingerprint density at radius 1 is 1.15 bits per heavy atom. The van der Waals surface area contributed by atoms with Crippen molar-refractivity contribution in [3.8, 4) is 17.1 Å². The SMILES string of the molecule is CCc1c(-c2nc3c4c(nc(C)c(C)c4c2F)N2C[C@H]4CC[C@H](N4)[C@H]2[C@H](C)O3)cc(N)nc1C. The van der Waals surface area contributed by atoms with E-state index in [-0.39, 0.29) is 23.7 Å². The molecule has 7 nitrogen and oxygen atoms in total. The number of ether oxygens (including phenoxy) is 1. The smallest absolute Gasteiger partial charge is 0.226 e. The molecule has 0 unspecified atom stereocenters. The quantitative estimate of drug-likeness (QED) is 0.595. The van der Waals surface area contributed by atoms with Crippen LogP contribution in [0.2, 0.25) is 0 Å². The van der Waals surface area contributed by atoms with Gasteiger partial charge >= 0.3 is 0 Å². The van der Waals surface area contributed by atoms with Crippen molar-refractivity contribution in [3.05, 3.63) is 34.4 Å². The van der Waals surface area contributed by atoms with E-state index >= 15 is 4.39 Å². The van der Waals surface area contributed by atoms with Crippen LogP contribution in [-0.2, 0) is 6.42 Å². The van der Waals surface area contributed by atoms with E-state index in [1.807, 2.05) is 27.7 Å². The minimum absolute atomic E-state index is 0.113. The highest BCUT2D eigenvalue weighted by Gasteiger charge is 2.46. The average Bonchev–Trinajstić information content (AvgIpc) is 3.11. The lowest BCUT2D eigenvalue weighted by Crippen LogP contribution is -2.62. The van der Waals surface area contributed by atoms with Crippen molar-refractivity contribution in [1.82, 2.24) is 20.3 Å². The fraction of sp³-hybridized carbons (Fsp3) is 0.500. The summed E-state index contributed by atoms with van der Waals surface area (Å²) in [6.07, 6.45) is 2.81. The number of aryl methyl sites for hydroxylation is 3. The molecule has 34 heavy (non-hydrogen) atoms. The summed E-state index contributed by atoms with van der Waals surface area (Å²) in [5.74, 6) is 1.24. The molecule has 0 saturated carbocycles. The van der Waals surface area contributed by atoms with Crippen LogP contribution in [0.15, 0.2) is 6.07 Å². The Balaban J connectivity index is 1.68. The molecule has 3 aromatic rings. The number of nitrogens with two attached hydrogens (primary N) is 1. The number of fused-ring (bicyclic) bond motifs is 5. The highest BCUT2D eigenvalue weighted by atomic mass is 19.1. The lowest BCUT2D eigenvalue weighted by molar-refractivity contribution is 0.155. The highest BCUT2D eigenvalue weighted by molar-refractivity contribution is 6.01. The van der Waals surface area contributed by atoms with Crippen LogP contribution in [0.3, 0.4) is 0 Å². The Bertz CT molecular complexity index is 1340. The first-order chi connectivity index (χ1) is 16.3. The number of nitrogens with one attached hydrogen (secondary N) is 1. The van der Waals surface area contributed by atoms with Gasteiger partial charge in [0.05, 0.1) is 11.4 Å². The Hall–Kier alpha value is -3.00. The predicted octanol–water partition coefficient (Wildman–Crippen LogP) is 3.99. The van der Waals surface area contributed by atoms with Gasteiger partial charge in [0.1, 0.15) is 23.4 Å². The maximum Gasteiger partial charge on any atom is 0.226 e. The molecular weight excluding hydrogens is 431 g/mol. The molecule has 0 amide bonds. The summed E-state index contributed by atoms with van der Waals surface area (Å²) in [4.78, 5) is 16.6. The first-order valence-electron chi connectivity index (χ1n) is 12.2. The first-order valence-corrected chi connectivity index (χ1v) is 12.2. The normalized spacial score (nSPS) is 25.3. The van der Waals surface area contributed by atoms with Crippen LogP contribution in [0, 0.1) is 26.6 Å². The van der Waals surface area contributed by atoms with Crippen LogP contribution in [0.4, 0.5) is 16.0 Å². The second-order valence-electron chi connectivity index (χ2n) is 10.0. The Kier molecular flexibility index (Phi) is 4.75. The lowest BCUT2D eigenvalue weighted by atomic mass is 9.96. The molecule has 0 spiro atoms. The summed E-state index contributed by atoms with van der Waals surface area (Å²) in [5, 5.41) is 4.96. The molecule has 8 heteroatoms. The van der Waals surface area contributed by atoms with Gasteiger partial charge in [-0.15, -0.1) is 0 Å².